The second-order valence-corrected chi connectivity index (χ2v) is 5.01. The molecule has 0 radical (unpaired) electrons. The number of rotatable bonds is 1. The van der Waals surface area contributed by atoms with Crippen LogP contribution >= 0.6 is 12.6 Å². The van der Waals surface area contributed by atoms with Crippen molar-refractivity contribution in [2.45, 2.75) is 24.6 Å². The van der Waals surface area contributed by atoms with Gasteiger partial charge in [-0.05, 0) is 31.4 Å². The first-order chi connectivity index (χ1) is 6.09. The Morgan fingerprint density at radius 3 is 2.69 bits per heavy atom. The highest BCUT2D eigenvalue weighted by atomic mass is 32.1. The first-order valence-corrected chi connectivity index (χ1v) is 5.31. The molecule has 2 fully saturated rings. The van der Waals surface area contributed by atoms with Gasteiger partial charge in [-0.1, -0.05) is 12.5 Å². The normalized spacial score (nSPS) is 40.2. The third-order valence-corrected chi connectivity index (χ3v) is 3.93. The van der Waals surface area contributed by atoms with Gasteiger partial charge in [0.15, 0.2) is 0 Å². The first kappa shape index (κ1) is 9.56. The van der Waals surface area contributed by atoms with Crippen LogP contribution in [0.25, 0.3) is 0 Å². The lowest BCUT2D eigenvalue weighted by Gasteiger charge is -2.30. The largest absolute Gasteiger partial charge is 0.393 e. The van der Waals surface area contributed by atoms with Gasteiger partial charge >= 0.3 is 0 Å². The maximum Gasteiger partial charge on any atom is 0.110 e. The van der Waals surface area contributed by atoms with Crippen molar-refractivity contribution in [2.24, 2.45) is 5.92 Å². The summed E-state index contributed by atoms with van der Waals surface area (Å²) in [7, 11) is 2.04. The molecule has 0 unspecified atom stereocenters. The zero-order valence-electron chi connectivity index (χ0n) is 8.25. The molecule has 2 atom stereocenters. The predicted octanol–water partition coefficient (Wildman–Crippen LogP) is 1.28. The van der Waals surface area contributed by atoms with Crippen molar-refractivity contribution < 1.29 is 5.11 Å². The van der Waals surface area contributed by atoms with Gasteiger partial charge in [0.25, 0.3) is 0 Å². The molecule has 0 aromatic rings. The Morgan fingerprint density at radius 2 is 2.23 bits per heavy atom. The lowest BCUT2D eigenvalue weighted by atomic mass is 9.98. The lowest BCUT2D eigenvalue weighted by Crippen LogP contribution is -2.40. The first-order valence-electron chi connectivity index (χ1n) is 4.86. The Balaban J connectivity index is 2.38. The van der Waals surface area contributed by atoms with Gasteiger partial charge in [0.1, 0.15) is 4.87 Å². The van der Waals surface area contributed by atoms with Gasteiger partial charge < -0.3 is 5.11 Å². The van der Waals surface area contributed by atoms with Crippen LogP contribution in [0.3, 0.4) is 0 Å². The maximum atomic E-state index is 9.41. The van der Waals surface area contributed by atoms with E-state index in [4.69, 9.17) is 0 Å². The molecule has 2 rings (SSSR count). The fraction of sp³-hybridized carbons (Fsp3) is 0.800. The Hall–Kier alpha value is 0.0100. The quantitative estimate of drug-likeness (QED) is 0.491. The van der Waals surface area contributed by atoms with E-state index in [-0.39, 0.29) is 11.5 Å². The predicted molar refractivity (Wildman–Crippen MR) is 56.9 cm³/mol. The molecule has 13 heavy (non-hydrogen) atoms. The molecule has 1 aliphatic heterocycles. The van der Waals surface area contributed by atoms with Crippen LogP contribution in [-0.2, 0) is 0 Å². The molecule has 1 saturated carbocycles. The number of likely N-dealkylation sites (tertiary alicyclic amines) is 1. The molecule has 3 heteroatoms. The molecule has 1 saturated heterocycles. The molecule has 0 spiro atoms. The van der Waals surface area contributed by atoms with Crippen LogP contribution in [0.15, 0.2) is 11.1 Å². The second kappa shape index (κ2) is 3.01. The minimum absolute atomic E-state index is 0.121. The molecule has 0 amide bonds. The van der Waals surface area contributed by atoms with Crippen LogP contribution in [0, 0.1) is 5.92 Å². The number of hydrogen-bond donors (Lipinski definition) is 2. The van der Waals surface area contributed by atoms with E-state index in [0.29, 0.717) is 5.92 Å². The van der Waals surface area contributed by atoms with Crippen molar-refractivity contribution in [2.75, 3.05) is 20.2 Å². The zero-order chi connectivity index (χ0) is 9.64. The molecule has 74 valence electrons. The molecule has 1 heterocycles. The van der Waals surface area contributed by atoms with E-state index in [1.54, 1.807) is 0 Å². The molecular formula is C10H17NOS. The molecule has 2 aliphatic rings. The standard InChI is InChI=1S/C10H17NOS/c1-7-5-11(2)10(13,6-12)9(7)8-3-4-8/h7,12-13H,3-6H2,1-2H3/t7-,10+/m0/s1. The van der Waals surface area contributed by atoms with Crippen LogP contribution < -0.4 is 0 Å². The minimum Gasteiger partial charge on any atom is -0.393 e. The molecule has 1 N–H and O–H groups in total. The fourth-order valence-corrected chi connectivity index (χ4v) is 2.88. The van der Waals surface area contributed by atoms with Gasteiger partial charge in [-0.2, -0.15) is 12.6 Å². The molecule has 2 nitrogen and oxygen atoms in total. The summed E-state index contributed by atoms with van der Waals surface area (Å²) in [5.41, 5.74) is 2.92. The summed E-state index contributed by atoms with van der Waals surface area (Å²) in [6, 6.07) is 0. The summed E-state index contributed by atoms with van der Waals surface area (Å²) in [5.74, 6) is 0.562. The van der Waals surface area contributed by atoms with Crippen molar-refractivity contribution in [3.8, 4) is 0 Å². The van der Waals surface area contributed by atoms with Crippen LogP contribution in [0.5, 0.6) is 0 Å². The summed E-state index contributed by atoms with van der Waals surface area (Å²) < 4.78 is 0. The summed E-state index contributed by atoms with van der Waals surface area (Å²) in [6.45, 7) is 3.36. The number of nitrogens with zero attached hydrogens (tertiary/aromatic N) is 1. The fourth-order valence-electron chi connectivity index (χ4n) is 2.42. The van der Waals surface area contributed by atoms with E-state index in [1.165, 1.54) is 24.0 Å². The minimum atomic E-state index is -0.370. The zero-order valence-corrected chi connectivity index (χ0v) is 9.14. The Labute approximate surface area is 85.0 Å². The monoisotopic (exact) mass is 199 g/mol. The van der Waals surface area contributed by atoms with E-state index in [2.05, 4.69) is 24.5 Å². The van der Waals surface area contributed by atoms with Crippen LogP contribution in [0.1, 0.15) is 19.8 Å². The summed E-state index contributed by atoms with van der Waals surface area (Å²) in [5, 5.41) is 9.41. The van der Waals surface area contributed by atoms with Crippen molar-refractivity contribution in [1.82, 2.24) is 4.90 Å². The van der Waals surface area contributed by atoms with Gasteiger partial charge in [0.05, 0.1) is 6.61 Å². The van der Waals surface area contributed by atoms with Crippen molar-refractivity contribution in [3.05, 3.63) is 11.1 Å². The number of thiol groups is 1. The van der Waals surface area contributed by atoms with E-state index in [9.17, 15) is 5.11 Å². The van der Waals surface area contributed by atoms with Crippen LogP contribution in [0.4, 0.5) is 0 Å². The van der Waals surface area contributed by atoms with E-state index in [1.807, 2.05) is 7.05 Å². The smallest absolute Gasteiger partial charge is 0.110 e. The van der Waals surface area contributed by atoms with Gasteiger partial charge in [0, 0.05) is 6.54 Å². The average Bonchev–Trinajstić information content (AvgIpc) is 2.84. The topological polar surface area (TPSA) is 23.5 Å². The number of hydrogen-bond acceptors (Lipinski definition) is 3. The molecule has 1 aliphatic carbocycles. The average molecular weight is 199 g/mol. The highest BCUT2D eigenvalue weighted by Gasteiger charge is 2.46. The third kappa shape index (κ3) is 1.34. The Bertz CT molecular complexity index is 258. The van der Waals surface area contributed by atoms with Crippen molar-refractivity contribution in [1.29, 1.82) is 0 Å². The molecule has 0 aromatic heterocycles. The summed E-state index contributed by atoms with van der Waals surface area (Å²) in [4.78, 5) is 1.78. The van der Waals surface area contributed by atoms with Gasteiger partial charge in [-0.15, -0.1) is 0 Å². The number of allylic oxidation sites excluding steroid dienone is 1. The van der Waals surface area contributed by atoms with Crippen molar-refractivity contribution in [3.63, 3.8) is 0 Å². The number of aliphatic hydroxyl groups excluding tert-OH is 1. The van der Waals surface area contributed by atoms with E-state index in [0.717, 1.165) is 6.54 Å². The Morgan fingerprint density at radius 1 is 1.62 bits per heavy atom. The number of likely N-dealkylation sites (N-methyl/N-ethyl adjacent to an activating group) is 1. The van der Waals surface area contributed by atoms with Crippen molar-refractivity contribution >= 4 is 12.6 Å². The van der Waals surface area contributed by atoms with Crippen LogP contribution in [0.2, 0.25) is 0 Å². The molecular weight excluding hydrogens is 182 g/mol. The second-order valence-electron chi connectivity index (χ2n) is 4.27. The maximum absolute atomic E-state index is 9.41. The third-order valence-electron chi connectivity index (χ3n) is 3.20. The summed E-state index contributed by atoms with van der Waals surface area (Å²) in [6.07, 6.45) is 2.44. The molecule has 0 bridgehead atoms. The van der Waals surface area contributed by atoms with Gasteiger partial charge in [0.2, 0.25) is 0 Å². The SMILES string of the molecule is C[C@H]1CN(C)[C@@](S)(CO)C1=C1CC1. The summed E-state index contributed by atoms with van der Waals surface area (Å²) >= 11 is 4.63. The van der Waals surface area contributed by atoms with Gasteiger partial charge in [-0.25, -0.2) is 0 Å². The van der Waals surface area contributed by atoms with E-state index < -0.39 is 0 Å². The highest BCUT2D eigenvalue weighted by molar-refractivity contribution is 7.82. The Kier molecular flexibility index (Phi) is 2.21. The molecule has 0 aromatic carbocycles. The van der Waals surface area contributed by atoms with Gasteiger partial charge in [-0.3, -0.25) is 4.90 Å². The van der Waals surface area contributed by atoms with E-state index >= 15 is 0 Å². The highest BCUT2D eigenvalue weighted by Crippen LogP contribution is 2.47. The lowest BCUT2D eigenvalue weighted by molar-refractivity contribution is 0.176. The number of aliphatic hydroxyl groups is 1. The van der Waals surface area contributed by atoms with Crippen LogP contribution in [-0.4, -0.2) is 35.1 Å².